The second-order valence-corrected chi connectivity index (χ2v) is 4.11. The predicted molar refractivity (Wildman–Crippen MR) is 47.6 cm³/mol. The summed E-state index contributed by atoms with van der Waals surface area (Å²) in [5.74, 6) is -3.55. The molecule has 2 unspecified atom stereocenters. The lowest BCUT2D eigenvalue weighted by Crippen LogP contribution is -2.14. The van der Waals surface area contributed by atoms with Gasteiger partial charge in [0.1, 0.15) is 5.69 Å². The summed E-state index contributed by atoms with van der Waals surface area (Å²) in [4.78, 5) is 10.8. The van der Waals surface area contributed by atoms with Crippen LogP contribution in [0.25, 0.3) is 0 Å². The van der Waals surface area contributed by atoms with Crippen LogP contribution in [-0.2, 0) is 10.7 Å². The Morgan fingerprint density at radius 1 is 1.67 bits per heavy atom. The lowest BCUT2D eigenvalue weighted by molar-refractivity contribution is -0.114. The molecule has 3 rings (SSSR count). The minimum Gasteiger partial charge on any atom is -0.309 e. The Bertz CT molecular complexity index is 454. The number of alkyl halides is 2. The quantitative estimate of drug-likeness (QED) is 0.744. The third-order valence-electron chi connectivity index (χ3n) is 3.06. The maximum Gasteiger partial charge on any atom is 0.292 e. The number of nitrogens with zero attached hydrogens (tertiary/aromatic N) is 1. The molecule has 0 aromatic carbocycles. The van der Waals surface area contributed by atoms with Gasteiger partial charge < -0.3 is 5.32 Å². The zero-order valence-corrected chi connectivity index (χ0v) is 7.97. The van der Waals surface area contributed by atoms with E-state index in [1.165, 1.54) is 6.92 Å². The van der Waals surface area contributed by atoms with Crippen LogP contribution in [-0.4, -0.2) is 16.1 Å². The van der Waals surface area contributed by atoms with Crippen molar-refractivity contribution in [3.8, 4) is 0 Å². The van der Waals surface area contributed by atoms with Gasteiger partial charge >= 0.3 is 0 Å². The Balaban J connectivity index is 2.06. The molecule has 2 N–H and O–H groups in total. The zero-order chi connectivity index (χ0) is 10.8. The van der Waals surface area contributed by atoms with E-state index >= 15 is 0 Å². The molecule has 2 aliphatic carbocycles. The normalized spacial score (nSPS) is 29.5. The third-order valence-corrected chi connectivity index (χ3v) is 3.06. The number of anilines is 1. The molecule has 1 amide bonds. The molecule has 6 heteroatoms. The molecule has 0 spiro atoms. The second kappa shape index (κ2) is 2.37. The largest absolute Gasteiger partial charge is 0.309 e. The monoisotopic (exact) mass is 213 g/mol. The Kier molecular flexibility index (Phi) is 1.39. The number of H-pyrrole nitrogens is 1. The number of hydrogen-bond acceptors (Lipinski definition) is 2. The SMILES string of the molecule is CC(=O)Nc1n[nH]c2c1C1CC1C2(F)F. The zero-order valence-electron chi connectivity index (χ0n) is 7.97. The van der Waals surface area contributed by atoms with Crippen molar-refractivity contribution in [2.24, 2.45) is 5.92 Å². The summed E-state index contributed by atoms with van der Waals surface area (Å²) in [6.07, 6.45) is 0.492. The molecule has 0 aliphatic heterocycles. The first-order valence-corrected chi connectivity index (χ1v) is 4.76. The van der Waals surface area contributed by atoms with Gasteiger partial charge in [0.05, 0.1) is 0 Å². The number of nitrogens with one attached hydrogen (secondary N) is 2. The van der Waals surface area contributed by atoms with Crippen LogP contribution in [0, 0.1) is 5.92 Å². The Hall–Kier alpha value is -1.46. The van der Waals surface area contributed by atoms with Crippen molar-refractivity contribution in [3.05, 3.63) is 11.3 Å². The summed E-state index contributed by atoms with van der Waals surface area (Å²) in [7, 11) is 0. The number of halogens is 2. The van der Waals surface area contributed by atoms with E-state index in [9.17, 15) is 13.6 Å². The molecule has 0 bridgehead atoms. The number of hydrogen-bond donors (Lipinski definition) is 2. The molecule has 2 aliphatic rings. The van der Waals surface area contributed by atoms with Gasteiger partial charge in [-0.2, -0.15) is 13.9 Å². The van der Waals surface area contributed by atoms with E-state index in [1.54, 1.807) is 0 Å². The maximum atomic E-state index is 13.5. The first-order chi connectivity index (χ1) is 7.01. The summed E-state index contributed by atoms with van der Waals surface area (Å²) in [5.41, 5.74) is 0.382. The minimum atomic E-state index is -2.80. The highest BCUT2D eigenvalue weighted by Crippen LogP contribution is 2.67. The average Bonchev–Trinajstić information content (AvgIpc) is 2.76. The highest BCUT2D eigenvalue weighted by atomic mass is 19.3. The van der Waals surface area contributed by atoms with Gasteiger partial charge in [0.2, 0.25) is 5.91 Å². The van der Waals surface area contributed by atoms with E-state index in [4.69, 9.17) is 0 Å². The molecule has 0 saturated heterocycles. The van der Waals surface area contributed by atoms with Crippen molar-refractivity contribution >= 4 is 11.7 Å². The Morgan fingerprint density at radius 2 is 2.40 bits per heavy atom. The highest BCUT2D eigenvalue weighted by Gasteiger charge is 2.66. The first-order valence-electron chi connectivity index (χ1n) is 4.76. The van der Waals surface area contributed by atoms with Crippen molar-refractivity contribution in [2.75, 3.05) is 5.32 Å². The average molecular weight is 213 g/mol. The van der Waals surface area contributed by atoms with Crippen LogP contribution in [0.15, 0.2) is 0 Å². The van der Waals surface area contributed by atoms with Gasteiger partial charge in [-0.25, -0.2) is 0 Å². The molecule has 1 aromatic heterocycles. The third kappa shape index (κ3) is 0.989. The van der Waals surface area contributed by atoms with Crippen LogP contribution in [0.5, 0.6) is 0 Å². The molecule has 1 fully saturated rings. The van der Waals surface area contributed by atoms with E-state index in [2.05, 4.69) is 15.5 Å². The van der Waals surface area contributed by atoms with Crippen molar-refractivity contribution in [1.29, 1.82) is 0 Å². The number of aromatic nitrogens is 2. The Labute approximate surface area is 84.0 Å². The van der Waals surface area contributed by atoms with Crippen LogP contribution in [0.2, 0.25) is 0 Å². The predicted octanol–water partition coefficient (Wildman–Crippen LogP) is 1.58. The summed E-state index contributed by atoms with van der Waals surface area (Å²) in [6.45, 7) is 1.33. The topological polar surface area (TPSA) is 57.8 Å². The fraction of sp³-hybridized carbons (Fsp3) is 0.556. The number of carbonyl (C=O) groups is 1. The van der Waals surface area contributed by atoms with Crippen LogP contribution in [0.3, 0.4) is 0 Å². The summed E-state index contributed by atoms with van der Waals surface area (Å²) in [6, 6.07) is 0. The van der Waals surface area contributed by atoms with Crippen LogP contribution in [0.4, 0.5) is 14.6 Å². The molecule has 4 nitrogen and oxygen atoms in total. The fourth-order valence-electron chi connectivity index (χ4n) is 2.33. The van der Waals surface area contributed by atoms with Gasteiger partial charge in [0.15, 0.2) is 5.82 Å². The van der Waals surface area contributed by atoms with Gasteiger partial charge in [0, 0.05) is 18.4 Å². The van der Waals surface area contributed by atoms with Crippen LogP contribution < -0.4 is 5.32 Å². The number of amides is 1. The number of rotatable bonds is 1. The van der Waals surface area contributed by atoms with Crippen LogP contribution >= 0.6 is 0 Å². The van der Waals surface area contributed by atoms with Crippen LogP contribution in [0.1, 0.15) is 30.5 Å². The summed E-state index contributed by atoms with van der Waals surface area (Å²) >= 11 is 0. The van der Waals surface area contributed by atoms with Crippen molar-refractivity contribution in [1.82, 2.24) is 10.2 Å². The van der Waals surface area contributed by atoms with Gasteiger partial charge in [-0.15, -0.1) is 0 Å². The second-order valence-electron chi connectivity index (χ2n) is 4.11. The molecule has 1 aromatic rings. The maximum absolute atomic E-state index is 13.5. The molecular weight excluding hydrogens is 204 g/mol. The standard InChI is InChI=1S/C9H9F2N3O/c1-3(15)12-8-6-4-2-5(4)9(10,11)7(6)13-14-8/h4-5H,2H2,1H3,(H2,12,13,14,15). The summed E-state index contributed by atoms with van der Waals surface area (Å²) in [5, 5.41) is 8.51. The van der Waals surface area contributed by atoms with E-state index in [1.807, 2.05) is 0 Å². The van der Waals surface area contributed by atoms with Crippen molar-refractivity contribution in [2.45, 2.75) is 25.2 Å². The molecule has 80 valence electrons. The number of carbonyl (C=O) groups excluding carboxylic acids is 1. The van der Waals surface area contributed by atoms with Gasteiger partial charge in [0.25, 0.3) is 5.92 Å². The highest BCUT2D eigenvalue weighted by molar-refractivity contribution is 5.89. The molecule has 1 saturated carbocycles. The van der Waals surface area contributed by atoms with Gasteiger partial charge in [-0.05, 0) is 12.3 Å². The lowest BCUT2D eigenvalue weighted by Gasteiger charge is -2.09. The molecule has 2 atom stereocenters. The van der Waals surface area contributed by atoms with Crippen molar-refractivity contribution in [3.63, 3.8) is 0 Å². The fourth-order valence-corrected chi connectivity index (χ4v) is 2.33. The van der Waals surface area contributed by atoms with E-state index in [0.717, 1.165) is 0 Å². The van der Waals surface area contributed by atoms with Gasteiger partial charge in [-0.1, -0.05) is 0 Å². The van der Waals surface area contributed by atoms with E-state index < -0.39 is 11.8 Å². The Morgan fingerprint density at radius 3 is 3.07 bits per heavy atom. The number of aromatic amines is 1. The lowest BCUT2D eigenvalue weighted by atomic mass is 10.1. The van der Waals surface area contributed by atoms with E-state index in [-0.39, 0.29) is 23.3 Å². The summed E-state index contributed by atoms with van der Waals surface area (Å²) < 4.78 is 27.1. The minimum absolute atomic E-state index is 0.118. The molecule has 0 radical (unpaired) electrons. The van der Waals surface area contributed by atoms with E-state index in [0.29, 0.717) is 12.0 Å². The smallest absolute Gasteiger partial charge is 0.292 e. The van der Waals surface area contributed by atoms with Gasteiger partial charge in [-0.3, -0.25) is 9.89 Å². The number of fused-ring (bicyclic) bond motifs is 3. The van der Waals surface area contributed by atoms with Crippen molar-refractivity contribution < 1.29 is 13.6 Å². The molecule has 1 heterocycles. The molecular formula is C9H9F2N3O. The molecule has 15 heavy (non-hydrogen) atoms. The first kappa shape index (κ1) is 8.82.